The molecule has 0 saturated carbocycles. The Labute approximate surface area is 107 Å². The Bertz CT molecular complexity index is 331. The van der Waals surface area contributed by atoms with E-state index in [1.54, 1.807) is 4.90 Å². The van der Waals surface area contributed by atoms with Crippen LogP contribution in [0.15, 0.2) is 0 Å². The first kappa shape index (κ1) is 14.5. The summed E-state index contributed by atoms with van der Waals surface area (Å²) in [6.07, 6.45) is 0.945. The normalized spacial score (nSPS) is 18.9. The number of nitrogens with zero attached hydrogens (tertiary/aromatic N) is 1. The SMILES string of the molecule is CC(=O)CCNC(=O)NCCN1CC(C)CC1=O. The molecule has 1 aliphatic heterocycles. The molecule has 1 saturated heterocycles. The van der Waals surface area contributed by atoms with Crippen molar-refractivity contribution < 1.29 is 14.4 Å². The summed E-state index contributed by atoms with van der Waals surface area (Å²) in [4.78, 5) is 35.2. The topological polar surface area (TPSA) is 78.5 Å². The summed E-state index contributed by atoms with van der Waals surface area (Å²) in [5.74, 6) is 0.607. The van der Waals surface area contributed by atoms with E-state index in [1.165, 1.54) is 6.92 Å². The lowest BCUT2D eigenvalue weighted by Crippen LogP contribution is -2.41. The molecule has 18 heavy (non-hydrogen) atoms. The van der Waals surface area contributed by atoms with Crippen molar-refractivity contribution >= 4 is 17.7 Å². The molecule has 0 aromatic rings. The number of urea groups is 1. The number of Topliss-reactive ketones (excluding diaryl/α,β-unsaturated/α-hetero) is 1. The lowest BCUT2D eigenvalue weighted by atomic mass is 10.2. The summed E-state index contributed by atoms with van der Waals surface area (Å²) >= 11 is 0. The molecule has 1 aliphatic rings. The second-order valence-electron chi connectivity index (χ2n) is 4.78. The van der Waals surface area contributed by atoms with Gasteiger partial charge in [0.15, 0.2) is 0 Å². The van der Waals surface area contributed by atoms with Gasteiger partial charge in [-0.15, -0.1) is 0 Å². The highest BCUT2D eigenvalue weighted by molar-refractivity contribution is 5.79. The molecular weight excluding hydrogens is 234 g/mol. The molecule has 102 valence electrons. The predicted molar refractivity (Wildman–Crippen MR) is 67.1 cm³/mol. The molecule has 1 atom stereocenters. The van der Waals surface area contributed by atoms with Gasteiger partial charge < -0.3 is 15.5 Å². The van der Waals surface area contributed by atoms with Crippen molar-refractivity contribution in [3.05, 3.63) is 0 Å². The molecule has 1 heterocycles. The van der Waals surface area contributed by atoms with Crippen molar-refractivity contribution in [1.29, 1.82) is 0 Å². The van der Waals surface area contributed by atoms with Gasteiger partial charge in [-0.25, -0.2) is 4.79 Å². The van der Waals surface area contributed by atoms with Crippen molar-refractivity contribution in [3.63, 3.8) is 0 Å². The molecule has 0 radical (unpaired) electrons. The molecule has 1 rings (SSSR count). The highest BCUT2D eigenvalue weighted by atomic mass is 16.2. The summed E-state index contributed by atoms with van der Waals surface area (Å²) in [7, 11) is 0. The minimum atomic E-state index is -0.295. The van der Waals surface area contributed by atoms with Crippen LogP contribution in [-0.4, -0.2) is 48.8 Å². The van der Waals surface area contributed by atoms with Gasteiger partial charge in [-0.2, -0.15) is 0 Å². The molecule has 0 aromatic heterocycles. The number of carbonyl (C=O) groups excluding carboxylic acids is 3. The maximum Gasteiger partial charge on any atom is 0.314 e. The Kier molecular flexibility index (Phi) is 5.61. The fourth-order valence-electron chi connectivity index (χ4n) is 1.90. The van der Waals surface area contributed by atoms with Crippen LogP contribution in [0.25, 0.3) is 0 Å². The zero-order valence-electron chi connectivity index (χ0n) is 11.0. The number of amides is 3. The van der Waals surface area contributed by atoms with Crippen molar-refractivity contribution in [2.75, 3.05) is 26.2 Å². The lowest BCUT2D eigenvalue weighted by Gasteiger charge is -2.16. The van der Waals surface area contributed by atoms with Gasteiger partial charge in [0, 0.05) is 39.0 Å². The average molecular weight is 255 g/mol. The molecule has 1 fully saturated rings. The van der Waals surface area contributed by atoms with Gasteiger partial charge >= 0.3 is 6.03 Å². The van der Waals surface area contributed by atoms with Gasteiger partial charge in [0.05, 0.1) is 0 Å². The van der Waals surface area contributed by atoms with E-state index in [-0.39, 0.29) is 17.7 Å². The van der Waals surface area contributed by atoms with Crippen molar-refractivity contribution in [1.82, 2.24) is 15.5 Å². The first-order valence-electron chi connectivity index (χ1n) is 6.28. The quantitative estimate of drug-likeness (QED) is 0.708. The number of rotatable bonds is 6. The van der Waals surface area contributed by atoms with Crippen LogP contribution in [0.5, 0.6) is 0 Å². The van der Waals surface area contributed by atoms with Crippen molar-refractivity contribution in [2.24, 2.45) is 5.92 Å². The van der Waals surface area contributed by atoms with Crippen LogP contribution in [0, 0.1) is 5.92 Å². The third-order valence-corrected chi connectivity index (χ3v) is 2.84. The van der Waals surface area contributed by atoms with Crippen LogP contribution in [0.1, 0.15) is 26.7 Å². The van der Waals surface area contributed by atoms with Crippen LogP contribution >= 0.6 is 0 Å². The monoisotopic (exact) mass is 255 g/mol. The Morgan fingerprint density at radius 3 is 2.56 bits per heavy atom. The molecule has 2 N–H and O–H groups in total. The lowest BCUT2D eigenvalue weighted by molar-refractivity contribution is -0.127. The number of likely N-dealkylation sites (tertiary alicyclic amines) is 1. The van der Waals surface area contributed by atoms with E-state index in [2.05, 4.69) is 10.6 Å². The number of carbonyl (C=O) groups is 3. The molecule has 1 unspecified atom stereocenters. The van der Waals surface area contributed by atoms with Crippen LogP contribution < -0.4 is 10.6 Å². The summed E-state index contributed by atoms with van der Waals surface area (Å²) in [5.41, 5.74) is 0. The molecule has 0 aromatic carbocycles. The van der Waals surface area contributed by atoms with Crippen LogP contribution in [-0.2, 0) is 9.59 Å². The second-order valence-corrected chi connectivity index (χ2v) is 4.78. The van der Waals surface area contributed by atoms with Crippen LogP contribution in [0.4, 0.5) is 4.79 Å². The van der Waals surface area contributed by atoms with E-state index in [0.717, 1.165) is 6.54 Å². The van der Waals surface area contributed by atoms with E-state index in [1.807, 2.05) is 6.92 Å². The van der Waals surface area contributed by atoms with E-state index in [4.69, 9.17) is 0 Å². The standard InChI is InChI=1S/C12H21N3O3/c1-9-7-11(17)15(8-9)6-5-14-12(18)13-4-3-10(2)16/h9H,3-8H2,1-2H3,(H2,13,14,18). The highest BCUT2D eigenvalue weighted by Crippen LogP contribution is 2.15. The Balaban J connectivity index is 2.08. The predicted octanol–water partition coefficient (Wildman–Crippen LogP) is 0.133. The van der Waals surface area contributed by atoms with Gasteiger partial charge in [0.2, 0.25) is 5.91 Å². The summed E-state index contributed by atoms with van der Waals surface area (Å²) < 4.78 is 0. The third kappa shape index (κ3) is 5.16. The van der Waals surface area contributed by atoms with Crippen molar-refractivity contribution in [2.45, 2.75) is 26.7 Å². The second kappa shape index (κ2) is 6.98. The van der Waals surface area contributed by atoms with E-state index < -0.39 is 0 Å². The fourth-order valence-corrected chi connectivity index (χ4v) is 1.90. The van der Waals surface area contributed by atoms with Crippen molar-refractivity contribution in [3.8, 4) is 0 Å². The molecular formula is C12H21N3O3. The Hall–Kier alpha value is -1.59. The first-order chi connectivity index (χ1) is 8.49. The molecule has 6 heteroatoms. The fraction of sp³-hybridized carbons (Fsp3) is 0.750. The van der Waals surface area contributed by atoms with Gasteiger partial charge in [0.25, 0.3) is 0 Å². The van der Waals surface area contributed by atoms with E-state index in [0.29, 0.717) is 38.4 Å². The van der Waals surface area contributed by atoms with Crippen LogP contribution in [0.3, 0.4) is 0 Å². The average Bonchev–Trinajstić information content (AvgIpc) is 2.57. The van der Waals surface area contributed by atoms with Gasteiger partial charge in [-0.05, 0) is 12.8 Å². The molecule has 3 amide bonds. The largest absolute Gasteiger partial charge is 0.341 e. The third-order valence-electron chi connectivity index (χ3n) is 2.84. The Morgan fingerprint density at radius 2 is 2.00 bits per heavy atom. The first-order valence-corrected chi connectivity index (χ1v) is 6.28. The van der Waals surface area contributed by atoms with Gasteiger partial charge in [-0.1, -0.05) is 6.92 Å². The maximum atomic E-state index is 11.5. The van der Waals surface area contributed by atoms with Gasteiger partial charge in [0.1, 0.15) is 5.78 Å². The van der Waals surface area contributed by atoms with E-state index in [9.17, 15) is 14.4 Å². The number of nitrogens with one attached hydrogen (secondary N) is 2. The minimum Gasteiger partial charge on any atom is -0.341 e. The molecule has 0 aliphatic carbocycles. The zero-order chi connectivity index (χ0) is 13.5. The number of ketones is 1. The maximum absolute atomic E-state index is 11.5. The summed E-state index contributed by atoms with van der Waals surface area (Å²) in [6, 6.07) is -0.295. The zero-order valence-corrected chi connectivity index (χ0v) is 11.0. The molecule has 0 spiro atoms. The van der Waals surface area contributed by atoms with Gasteiger partial charge in [-0.3, -0.25) is 9.59 Å². The molecule has 0 bridgehead atoms. The summed E-state index contributed by atoms with van der Waals surface area (Å²) in [5, 5.41) is 5.25. The highest BCUT2D eigenvalue weighted by Gasteiger charge is 2.25. The minimum absolute atomic E-state index is 0.0481. The van der Waals surface area contributed by atoms with Crippen LogP contribution in [0.2, 0.25) is 0 Å². The van der Waals surface area contributed by atoms with E-state index >= 15 is 0 Å². The summed E-state index contributed by atoms with van der Waals surface area (Å²) in [6.45, 7) is 5.63. The molecule has 6 nitrogen and oxygen atoms in total. The number of hydrogen-bond acceptors (Lipinski definition) is 3. The smallest absolute Gasteiger partial charge is 0.314 e. The Morgan fingerprint density at radius 1 is 1.33 bits per heavy atom. The number of hydrogen-bond donors (Lipinski definition) is 2.